The highest BCUT2D eigenvalue weighted by Crippen LogP contribution is 2.68. The van der Waals surface area contributed by atoms with E-state index in [1.54, 1.807) is 17.8 Å². The van der Waals surface area contributed by atoms with Gasteiger partial charge in [-0.3, -0.25) is 14.4 Å². The van der Waals surface area contributed by atoms with Crippen LogP contribution in [0.15, 0.2) is 25.3 Å². The molecule has 224 valence electrons. The maximum absolute atomic E-state index is 14.7. The number of nitrogens with zero attached hydrogens (tertiary/aromatic N) is 3. The molecule has 9 heteroatoms. The summed E-state index contributed by atoms with van der Waals surface area (Å²) >= 11 is 5.63. The van der Waals surface area contributed by atoms with Crippen LogP contribution in [0.1, 0.15) is 77.6 Å². The summed E-state index contributed by atoms with van der Waals surface area (Å²) in [5, 5.41) is 9.17. The predicted octanol–water partition coefficient (Wildman–Crippen LogP) is 4.78. The molecule has 3 aliphatic heterocycles. The van der Waals surface area contributed by atoms with E-state index in [-0.39, 0.29) is 40.4 Å². The number of alkyl halides is 1. The molecule has 4 aliphatic rings. The fraction of sp³-hybridized carbons (Fsp3) is 0.774. The molecule has 0 radical (unpaired) electrons. The number of carbonyl (C=O) groups is 3. The highest BCUT2D eigenvalue weighted by Gasteiger charge is 2.76. The Labute approximate surface area is 253 Å². The predicted molar refractivity (Wildman–Crippen MR) is 165 cm³/mol. The summed E-state index contributed by atoms with van der Waals surface area (Å²) in [7, 11) is 0. The van der Waals surface area contributed by atoms with Crippen LogP contribution in [-0.2, 0) is 14.4 Å². The van der Waals surface area contributed by atoms with Crippen molar-refractivity contribution in [3.63, 3.8) is 0 Å². The van der Waals surface area contributed by atoms with E-state index in [2.05, 4.69) is 36.0 Å². The molecule has 7 nitrogen and oxygen atoms in total. The highest BCUT2D eigenvalue weighted by molar-refractivity contribution is 9.09. The smallest absolute Gasteiger partial charge is 0.247 e. The molecular formula is C31H48BrN3O4S. The number of thioether (sulfide) groups is 1. The molecule has 40 heavy (non-hydrogen) atoms. The van der Waals surface area contributed by atoms with E-state index >= 15 is 0 Å². The molecule has 0 aromatic rings. The van der Waals surface area contributed by atoms with Crippen LogP contribution in [0.5, 0.6) is 0 Å². The van der Waals surface area contributed by atoms with Crippen LogP contribution in [0.3, 0.4) is 0 Å². The number of hydrogen-bond donors (Lipinski definition) is 1. The van der Waals surface area contributed by atoms with Gasteiger partial charge < -0.3 is 19.8 Å². The Morgan fingerprint density at radius 3 is 2.45 bits per heavy atom. The van der Waals surface area contributed by atoms with E-state index in [1.165, 1.54) is 6.42 Å². The molecule has 4 rings (SSSR count). The second kappa shape index (κ2) is 14.2. The van der Waals surface area contributed by atoms with Crippen molar-refractivity contribution in [3.05, 3.63) is 25.3 Å². The minimum Gasteiger partial charge on any atom is -0.396 e. The molecule has 3 saturated heterocycles. The molecule has 1 N–H and O–H groups in total. The van der Waals surface area contributed by atoms with Crippen molar-refractivity contribution in [2.75, 3.05) is 32.8 Å². The lowest BCUT2D eigenvalue weighted by Crippen LogP contribution is -2.57. The first-order valence-electron chi connectivity index (χ1n) is 15.4. The van der Waals surface area contributed by atoms with Crippen LogP contribution in [-0.4, -0.2) is 97.2 Å². The molecule has 1 aliphatic carbocycles. The zero-order valence-electron chi connectivity index (χ0n) is 24.1. The minimum atomic E-state index is -0.613. The van der Waals surface area contributed by atoms with Crippen LogP contribution in [0.2, 0.25) is 0 Å². The van der Waals surface area contributed by atoms with Gasteiger partial charge in [-0.1, -0.05) is 67.1 Å². The molecule has 3 heterocycles. The van der Waals surface area contributed by atoms with E-state index < -0.39 is 22.6 Å². The van der Waals surface area contributed by atoms with Gasteiger partial charge in [-0.25, -0.2) is 0 Å². The fourth-order valence-corrected chi connectivity index (χ4v) is 11.3. The third kappa shape index (κ3) is 5.94. The molecule has 0 aromatic heterocycles. The topological polar surface area (TPSA) is 81.2 Å². The Balaban J connectivity index is 1.70. The maximum Gasteiger partial charge on any atom is 0.247 e. The van der Waals surface area contributed by atoms with Crippen molar-refractivity contribution in [2.24, 2.45) is 11.8 Å². The fourth-order valence-electron chi connectivity index (χ4n) is 7.71. The zero-order valence-corrected chi connectivity index (χ0v) is 26.5. The Morgan fingerprint density at radius 1 is 1.10 bits per heavy atom. The van der Waals surface area contributed by atoms with Crippen LogP contribution in [0, 0.1) is 11.8 Å². The van der Waals surface area contributed by atoms with Gasteiger partial charge in [0.05, 0.1) is 16.6 Å². The first-order valence-corrected chi connectivity index (χ1v) is 17.2. The number of hydrogen-bond acceptors (Lipinski definition) is 5. The zero-order chi connectivity index (χ0) is 28.9. The van der Waals surface area contributed by atoms with E-state index in [0.29, 0.717) is 32.6 Å². The number of likely N-dealkylation sites (tertiary alicyclic amines) is 1. The number of aliphatic hydroxyl groups is 1. The highest BCUT2D eigenvalue weighted by atomic mass is 79.9. The standard InChI is InChI=1S/C31H48BrN3O4S/c1-4-16-33(17-5-2)28(37)24-25-29(38)35(19-12-7-8-13-20-36)27(31(25)21-23(32)26(24)40-31)30(39)34(18-6-3)22-14-10-9-11-15-22/h4,6,22-27,36H,1,3,5,7-21H2,2H3/t23?,24-,25+,26-,27?,31?/m1/s1. The van der Waals surface area contributed by atoms with Crippen LogP contribution in [0.4, 0.5) is 0 Å². The van der Waals surface area contributed by atoms with Crippen molar-refractivity contribution in [2.45, 2.75) is 104 Å². The molecule has 3 amide bonds. The monoisotopic (exact) mass is 637 g/mol. The van der Waals surface area contributed by atoms with Crippen molar-refractivity contribution >= 4 is 45.4 Å². The third-order valence-corrected chi connectivity index (χ3v) is 12.6. The second-order valence-corrected chi connectivity index (χ2v) is 14.7. The first kappa shape index (κ1) is 31.6. The first-order chi connectivity index (χ1) is 19.4. The molecule has 0 aromatic carbocycles. The maximum atomic E-state index is 14.7. The van der Waals surface area contributed by atoms with Crippen molar-refractivity contribution in [1.82, 2.24) is 14.7 Å². The average molecular weight is 639 g/mol. The molecule has 4 fully saturated rings. The van der Waals surface area contributed by atoms with Gasteiger partial charge in [-0.15, -0.1) is 24.9 Å². The number of unbranched alkanes of at least 4 members (excludes halogenated alkanes) is 3. The van der Waals surface area contributed by atoms with Gasteiger partial charge in [-0.05, 0) is 38.5 Å². The van der Waals surface area contributed by atoms with Gasteiger partial charge in [0.25, 0.3) is 0 Å². The minimum absolute atomic E-state index is 0.0227. The van der Waals surface area contributed by atoms with E-state index in [0.717, 1.165) is 57.8 Å². The number of carbonyl (C=O) groups excluding carboxylic acids is 3. The average Bonchev–Trinajstić information content (AvgIpc) is 3.54. The van der Waals surface area contributed by atoms with E-state index in [4.69, 9.17) is 0 Å². The largest absolute Gasteiger partial charge is 0.396 e. The molecule has 6 atom stereocenters. The van der Waals surface area contributed by atoms with Gasteiger partial charge in [-0.2, -0.15) is 0 Å². The molecule has 3 unspecified atom stereocenters. The van der Waals surface area contributed by atoms with Gasteiger partial charge in [0.15, 0.2) is 0 Å². The van der Waals surface area contributed by atoms with Crippen LogP contribution >= 0.6 is 27.7 Å². The van der Waals surface area contributed by atoms with Crippen molar-refractivity contribution in [3.8, 4) is 0 Å². The lowest BCUT2D eigenvalue weighted by Gasteiger charge is -2.41. The van der Waals surface area contributed by atoms with Crippen molar-refractivity contribution < 1.29 is 19.5 Å². The van der Waals surface area contributed by atoms with Gasteiger partial charge in [0, 0.05) is 48.9 Å². The Hall–Kier alpha value is -1.32. The van der Waals surface area contributed by atoms with Gasteiger partial charge in [0.2, 0.25) is 17.7 Å². The Morgan fingerprint density at radius 2 is 1.80 bits per heavy atom. The van der Waals surface area contributed by atoms with Crippen LogP contribution < -0.4 is 0 Å². The Bertz CT molecular complexity index is 944. The normalized spacial score (nSPS) is 31.3. The van der Waals surface area contributed by atoms with Gasteiger partial charge >= 0.3 is 0 Å². The van der Waals surface area contributed by atoms with Crippen LogP contribution in [0.25, 0.3) is 0 Å². The number of aliphatic hydroxyl groups excluding tert-OH is 1. The number of fused-ring (bicyclic) bond motifs is 1. The van der Waals surface area contributed by atoms with E-state index in [9.17, 15) is 19.5 Å². The molecule has 2 bridgehead atoms. The van der Waals surface area contributed by atoms with Crippen molar-refractivity contribution in [1.29, 1.82) is 0 Å². The summed E-state index contributed by atoms with van der Waals surface area (Å²) in [4.78, 5) is 49.0. The summed E-state index contributed by atoms with van der Waals surface area (Å²) in [6, 6.07) is -0.402. The Kier molecular flexibility index (Phi) is 11.2. The summed E-state index contributed by atoms with van der Waals surface area (Å²) in [6.45, 7) is 12.1. The summed E-state index contributed by atoms with van der Waals surface area (Å²) in [5.41, 5.74) is 0. The number of halogens is 1. The second-order valence-electron chi connectivity index (χ2n) is 12.0. The third-order valence-electron chi connectivity index (χ3n) is 9.39. The lowest BCUT2D eigenvalue weighted by atomic mass is 9.70. The summed E-state index contributed by atoms with van der Waals surface area (Å²) in [6.07, 6.45) is 13.8. The SMILES string of the molecule is C=CCN(CCC)C(=O)[C@H]1[C@@H]2SC3(CC2Br)C(C(=O)N(CC=C)C2CCCCC2)N(CCCCCCO)C(=O)[C@H]13. The number of amides is 3. The molecule has 1 saturated carbocycles. The number of rotatable bonds is 15. The molecule has 1 spiro atoms. The lowest BCUT2D eigenvalue weighted by molar-refractivity contribution is -0.145. The quantitative estimate of drug-likeness (QED) is 0.159. The van der Waals surface area contributed by atoms with E-state index in [1.807, 2.05) is 20.8 Å². The summed E-state index contributed by atoms with van der Waals surface area (Å²) in [5.74, 6) is -0.897. The molecular weight excluding hydrogens is 590 g/mol. The summed E-state index contributed by atoms with van der Waals surface area (Å²) < 4.78 is -0.613. The van der Waals surface area contributed by atoms with Gasteiger partial charge in [0.1, 0.15) is 6.04 Å².